The number of hydrogen-bond donors (Lipinski definition) is 3. The van der Waals surface area contributed by atoms with Crippen LogP contribution in [-0.2, 0) is 0 Å². The first kappa shape index (κ1) is 13.2. The summed E-state index contributed by atoms with van der Waals surface area (Å²) in [7, 11) is 0. The molecule has 1 saturated heterocycles. The molecule has 1 aromatic carbocycles. The van der Waals surface area contributed by atoms with Gasteiger partial charge in [0.2, 0.25) is 0 Å². The minimum atomic E-state index is -0.0598. The molecular weight excluding hydrogens is 246 g/mol. The van der Waals surface area contributed by atoms with Gasteiger partial charge in [-0.25, -0.2) is 0 Å². The molecule has 4 nitrogen and oxygen atoms in total. The Kier molecular flexibility index (Phi) is 4.49. The Balaban J connectivity index is 1.99. The third-order valence-corrected chi connectivity index (χ3v) is 4.49. The maximum atomic E-state index is 12.1. The van der Waals surface area contributed by atoms with Crippen LogP contribution < -0.4 is 16.6 Å². The topological polar surface area (TPSA) is 67.2 Å². The van der Waals surface area contributed by atoms with Crippen LogP contribution in [0.15, 0.2) is 18.2 Å². The number of carbonyl (C=O) groups excluding carboxylic acids is 1. The quantitative estimate of drug-likeness (QED) is 0.574. The van der Waals surface area contributed by atoms with E-state index in [0.717, 1.165) is 12.1 Å². The second-order valence-corrected chi connectivity index (χ2v) is 5.95. The van der Waals surface area contributed by atoms with Crippen LogP contribution in [0.25, 0.3) is 0 Å². The number of hydrogen-bond acceptors (Lipinski definition) is 4. The second kappa shape index (κ2) is 6.11. The molecule has 1 amide bonds. The standard InChI is InChI=1S/C13H19N3OS/c1-9-4-5-11(12(7-9)16-14)13(17)15-8-10-3-2-6-18-10/h4-5,7,10,16H,2-3,6,8,14H2,1H3,(H,15,17). The van der Waals surface area contributed by atoms with Gasteiger partial charge in [-0.3, -0.25) is 10.6 Å². The molecule has 1 unspecified atom stereocenters. The molecule has 0 radical (unpaired) electrons. The molecule has 1 aromatic rings. The van der Waals surface area contributed by atoms with Crippen molar-refractivity contribution in [3.05, 3.63) is 29.3 Å². The predicted octanol–water partition coefficient (Wildman–Crippen LogP) is 1.91. The lowest BCUT2D eigenvalue weighted by Crippen LogP contribution is -2.30. The van der Waals surface area contributed by atoms with Crippen LogP contribution in [0, 0.1) is 6.92 Å². The lowest BCUT2D eigenvalue weighted by Gasteiger charge is -2.13. The highest BCUT2D eigenvalue weighted by molar-refractivity contribution is 8.00. The first-order valence-electron chi connectivity index (χ1n) is 6.18. The summed E-state index contributed by atoms with van der Waals surface area (Å²) in [5.74, 6) is 6.59. The van der Waals surface area contributed by atoms with Gasteiger partial charge in [-0.1, -0.05) is 6.07 Å². The molecular formula is C13H19N3OS. The molecule has 0 bridgehead atoms. The maximum absolute atomic E-state index is 12.1. The molecule has 0 aliphatic carbocycles. The summed E-state index contributed by atoms with van der Waals surface area (Å²) < 4.78 is 0. The second-order valence-electron chi connectivity index (χ2n) is 4.54. The first-order chi connectivity index (χ1) is 8.70. The van der Waals surface area contributed by atoms with Gasteiger partial charge >= 0.3 is 0 Å². The number of rotatable bonds is 4. The number of hydrazine groups is 1. The smallest absolute Gasteiger partial charge is 0.253 e. The number of thioether (sulfide) groups is 1. The van der Waals surface area contributed by atoms with E-state index in [0.29, 0.717) is 16.5 Å². The SMILES string of the molecule is Cc1ccc(C(=O)NCC2CCCS2)c(NN)c1. The van der Waals surface area contributed by atoms with Crippen molar-refractivity contribution in [2.45, 2.75) is 25.0 Å². The van der Waals surface area contributed by atoms with Gasteiger partial charge in [-0.15, -0.1) is 0 Å². The number of nitrogen functional groups attached to an aromatic ring is 1. The van der Waals surface area contributed by atoms with Crippen molar-refractivity contribution in [2.24, 2.45) is 5.84 Å². The molecule has 1 aliphatic rings. The number of aryl methyl sites for hydroxylation is 1. The fourth-order valence-electron chi connectivity index (χ4n) is 2.08. The highest BCUT2D eigenvalue weighted by atomic mass is 32.2. The Morgan fingerprint density at radius 2 is 2.39 bits per heavy atom. The van der Waals surface area contributed by atoms with Crippen molar-refractivity contribution >= 4 is 23.4 Å². The van der Waals surface area contributed by atoms with Gasteiger partial charge in [0.1, 0.15) is 0 Å². The lowest BCUT2D eigenvalue weighted by atomic mass is 10.1. The molecule has 2 rings (SSSR count). The van der Waals surface area contributed by atoms with Gasteiger partial charge in [0.15, 0.2) is 0 Å². The minimum absolute atomic E-state index is 0.0598. The van der Waals surface area contributed by atoms with Crippen LogP contribution in [0.5, 0.6) is 0 Å². The van der Waals surface area contributed by atoms with E-state index in [9.17, 15) is 4.79 Å². The van der Waals surface area contributed by atoms with Crippen LogP contribution >= 0.6 is 11.8 Å². The molecule has 98 valence electrons. The Bertz CT molecular complexity index is 430. The molecule has 0 saturated carbocycles. The van der Waals surface area contributed by atoms with E-state index in [-0.39, 0.29) is 5.91 Å². The van der Waals surface area contributed by atoms with Crippen molar-refractivity contribution in [3.8, 4) is 0 Å². The first-order valence-corrected chi connectivity index (χ1v) is 7.22. The third kappa shape index (κ3) is 3.17. The van der Waals surface area contributed by atoms with Crippen molar-refractivity contribution in [3.63, 3.8) is 0 Å². The van der Waals surface area contributed by atoms with Crippen molar-refractivity contribution < 1.29 is 4.79 Å². The van der Waals surface area contributed by atoms with Gasteiger partial charge in [0.25, 0.3) is 5.91 Å². The van der Waals surface area contributed by atoms with Crippen LogP contribution in [0.3, 0.4) is 0 Å². The van der Waals surface area contributed by atoms with E-state index >= 15 is 0 Å². The number of nitrogens with two attached hydrogens (primary N) is 1. The Labute approximate surface area is 112 Å². The van der Waals surface area contributed by atoms with Crippen molar-refractivity contribution in [1.82, 2.24) is 5.32 Å². The van der Waals surface area contributed by atoms with E-state index in [4.69, 9.17) is 5.84 Å². The van der Waals surface area contributed by atoms with Gasteiger partial charge < -0.3 is 10.7 Å². The fourth-order valence-corrected chi connectivity index (χ4v) is 3.28. The molecule has 4 N–H and O–H groups in total. The maximum Gasteiger partial charge on any atom is 0.253 e. The number of benzene rings is 1. The normalized spacial score (nSPS) is 18.7. The van der Waals surface area contributed by atoms with Crippen LogP contribution in [0.4, 0.5) is 5.69 Å². The van der Waals surface area contributed by atoms with Crippen LogP contribution in [-0.4, -0.2) is 23.5 Å². The summed E-state index contributed by atoms with van der Waals surface area (Å²) in [5.41, 5.74) is 4.93. The zero-order valence-corrected chi connectivity index (χ0v) is 11.3. The van der Waals surface area contributed by atoms with E-state index in [1.807, 2.05) is 36.9 Å². The average Bonchev–Trinajstić information content (AvgIpc) is 2.88. The molecule has 5 heteroatoms. The summed E-state index contributed by atoms with van der Waals surface area (Å²) in [6.07, 6.45) is 2.45. The summed E-state index contributed by atoms with van der Waals surface area (Å²) >= 11 is 1.94. The van der Waals surface area contributed by atoms with Gasteiger partial charge in [-0.2, -0.15) is 11.8 Å². The summed E-state index contributed by atoms with van der Waals surface area (Å²) in [4.78, 5) is 12.1. The molecule has 1 atom stereocenters. The summed E-state index contributed by atoms with van der Waals surface area (Å²) in [6.45, 7) is 2.71. The number of amides is 1. The van der Waals surface area contributed by atoms with Crippen molar-refractivity contribution in [2.75, 3.05) is 17.7 Å². The summed E-state index contributed by atoms with van der Waals surface area (Å²) in [5, 5.41) is 3.54. The van der Waals surface area contributed by atoms with Gasteiger partial charge in [0.05, 0.1) is 11.3 Å². The number of nitrogens with one attached hydrogen (secondary N) is 2. The molecule has 1 heterocycles. The van der Waals surface area contributed by atoms with Gasteiger partial charge in [0, 0.05) is 11.8 Å². The Morgan fingerprint density at radius 1 is 1.56 bits per heavy atom. The highest BCUT2D eigenvalue weighted by Crippen LogP contribution is 2.25. The van der Waals surface area contributed by atoms with E-state index in [1.54, 1.807) is 0 Å². The van der Waals surface area contributed by atoms with Crippen LogP contribution in [0.1, 0.15) is 28.8 Å². The average molecular weight is 265 g/mol. The Hall–Kier alpha value is -1.20. The van der Waals surface area contributed by atoms with E-state index in [2.05, 4.69) is 10.7 Å². The Morgan fingerprint density at radius 3 is 3.06 bits per heavy atom. The summed E-state index contributed by atoms with van der Waals surface area (Å²) in [6, 6.07) is 5.60. The van der Waals surface area contributed by atoms with E-state index < -0.39 is 0 Å². The largest absolute Gasteiger partial charge is 0.351 e. The van der Waals surface area contributed by atoms with Crippen molar-refractivity contribution in [1.29, 1.82) is 0 Å². The lowest BCUT2D eigenvalue weighted by molar-refractivity contribution is 0.0954. The minimum Gasteiger partial charge on any atom is -0.351 e. The van der Waals surface area contributed by atoms with E-state index in [1.165, 1.54) is 18.6 Å². The molecule has 0 spiro atoms. The highest BCUT2D eigenvalue weighted by Gasteiger charge is 2.17. The molecule has 0 aromatic heterocycles. The molecule has 1 aliphatic heterocycles. The van der Waals surface area contributed by atoms with Crippen LogP contribution in [0.2, 0.25) is 0 Å². The zero-order valence-electron chi connectivity index (χ0n) is 10.5. The third-order valence-electron chi connectivity index (χ3n) is 3.09. The number of carbonyl (C=O) groups is 1. The molecule has 18 heavy (non-hydrogen) atoms. The zero-order chi connectivity index (χ0) is 13.0. The number of anilines is 1. The van der Waals surface area contributed by atoms with Gasteiger partial charge in [-0.05, 0) is 43.2 Å². The predicted molar refractivity (Wildman–Crippen MR) is 76.8 cm³/mol. The molecule has 1 fully saturated rings. The fraction of sp³-hybridized carbons (Fsp3) is 0.462. The monoisotopic (exact) mass is 265 g/mol.